The monoisotopic (exact) mass is 256 g/mol. The van der Waals surface area contributed by atoms with Gasteiger partial charge >= 0.3 is 0 Å². The fraction of sp³-hybridized carbons (Fsp3) is 0.235. The Hall–Kier alpha value is -1.93. The molecule has 0 saturated heterocycles. The van der Waals surface area contributed by atoms with Crippen molar-refractivity contribution < 1.29 is 9.90 Å². The lowest BCUT2D eigenvalue weighted by Crippen LogP contribution is -2.12. The van der Waals surface area contributed by atoms with Gasteiger partial charge in [0.2, 0.25) is 0 Å². The molecule has 0 fully saturated rings. The topological polar surface area (TPSA) is 37.3 Å². The maximum atomic E-state index is 12.1. The van der Waals surface area contributed by atoms with E-state index >= 15 is 0 Å². The van der Waals surface area contributed by atoms with E-state index in [1.54, 1.807) is 24.3 Å². The Labute approximate surface area is 114 Å². The van der Waals surface area contributed by atoms with E-state index in [1.807, 2.05) is 38.1 Å². The third-order valence-corrected chi connectivity index (χ3v) is 2.98. The molecule has 2 heteroatoms. The van der Waals surface area contributed by atoms with Gasteiger partial charge < -0.3 is 5.11 Å². The minimum Gasteiger partial charge on any atom is -0.380 e. The Balaban J connectivity index is 0.00000180. The molecule has 0 heterocycles. The Morgan fingerprint density at radius 2 is 1.32 bits per heavy atom. The molecule has 0 aliphatic rings. The maximum absolute atomic E-state index is 12.1. The second kappa shape index (κ2) is 6.30. The number of ketones is 1. The Morgan fingerprint density at radius 3 is 1.79 bits per heavy atom. The number of Topliss-reactive ketones (excluding diaryl/α,β-unsaturated/α-hetero) is 1. The van der Waals surface area contributed by atoms with Gasteiger partial charge in [0.15, 0.2) is 5.78 Å². The number of benzene rings is 2. The lowest BCUT2D eigenvalue weighted by atomic mass is 9.98. The van der Waals surface area contributed by atoms with Gasteiger partial charge in [-0.25, -0.2) is 0 Å². The van der Waals surface area contributed by atoms with Crippen molar-refractivity contribution in [3.8, 4) is 0 Å². The zero-order chi connectivity index (χ0) is 13.1. The first kappa shape index (κ1) is 15.1. The Morgan fingerprint density at radius 1 is 0.895 bits per heavy atom. The molecule has 2 rings (SSSR count). The third kappa shape index (κ3) is 3.52. The highest BCUT2D eigenvalue weighted by Crippen LogP contribution is 2.19. The fourth-order valence-corrected chi connectivity index (χ4v) is 1.78. The molecule has 2 aromatic rings. The van der Waals surface area contributed by atoms with Gasteiger partial charge in [0, 0.05) is 5.56 Å². The summed E-state index contributed by atoms with van der Waals surface area (Å²) in [5.41, 5.74) is 3.37. The summed E-state index contributed by atoms with van der Waals surface area (Å²) in [5.74, 6) is -0.265. The smallest absolute Gasteiger partial charge is 0.195 e. The van der Waals surface area contributed by atoms with Crippen molar-refractivity contribution in [2.45, 2.75) is 27.4 Å². The molecule has 1 atom stereocenters. The quantitative estimate of drug-likeness (QED) is 0.847. The molecule has 0 saturated carbocycles. The standard InChI is InChI=1S/C16H16O2.CH4/c1-11-3-7-13(8-4-11)15(17)16(18)14-9-5-12(2)6-10-14;/h3-10,15,17H,1-2H3;1H4. The van der Waals surface area contributed by atoms with E-state index in [-0.39, 0.29) is 13.2 Å². The number of carbonyl (C=O) groups is 1. The second-order valence-electron chi connectivity index (χ2n) is 4.54. The first-order valence-electron chi connectivity index (χ1n) is 5.93. The number of aliphatic hydroxyl groups excluding tert-OH is 1. The van der Waals surface area contributed by atoms with Crippen molar-refractivity contribution in [1.82, 2.24) is 0 Å². The number of hydrogen-bond donors (Lipinski definition) is 1. The molecule has 0 aliphatic heterocycles. The highest BCUT2D eigenvalue weighted by atomic mass is 16.3. The SMILES string of the molecule is C.Cc1ccc(C(=O)C(O)c2ccc(C)cc2)cc1. The van der Waals surface area contributed by atoms with Crippen LogP contribution in [0.1, 0.15) is 40.6 Å². The number of aryl methyl sites for hydroxylation is 2. The van der Waals surface area contributed by atoms with Crippen molar-refractivity contribution in [2.75, 3.05) is 0 Å². The van der Waals surface area contributed by atoms with Crippen LogP contribution in [0, 0.1) is 13.8 Å². The maximum Gasteiger partial charge on any atom is 0.195 e. The average molecular weight is 256 g/mol. The van der Waals surface area contributed by atoms with Crippen LogP contribution >= 0.6 is 0 Å². The minimum absolute atomic E-state index is 0. The summed E-state index contributed by atoms with van der Waals surface area (Å²) in [6.07, 6.45) is -1.09. The van der Waals surface area contributed by atoms with Crippen molar-refractivity contribution in [3.63, 3.8) is 0 Å². The summed E-state index contributed by atoms with van der Waals surface area (Å²) in [7, 11) is 0. The lowest BCUT2D eigenvalue weighted by Gasteiger charge is -2.10. The summed E-state index contributed by atoms with van der Waals surface area (Å²) in [5, 5.41) is 10.1. The second-order valence-corrected chi connectivity index (χ2v) is 4.54. The molecule has 100 valence electrons. The minimum atomic E-state index is -1.09. The highest BCUT2D eigenvalue weighted by Gasteiger charge is 2.18. The van der Waals surface area contributed by atoms with Crippen LogP contribution < -0.4 is 0 Å². The fourth-order valence-electron chi connectivity index (χ4n) is 1.78. The van der Waals surface area contributed by atoms with Crippen molar-refractivity contribution in [1.29, 1.82) is 0 Å². The van der Waals surface area contributed by atoms with E-state index in [0.29, 0.717) is 11.1 Å². The van der Waals surface area contributed by atoms with Crippen molar-refractivity contribution >= 4 is 5.78 Å². The molecular formula is C17H20O2. The van der Waals surface area contributed by atoms with Crippen molar-refractivity contribution in [3.05, 3.63) is 70.8 Å². The molecule has 2 nitrogen and oxygen atoms in total. The summed E-state index contributed by atoms with van der Waals surface area (Å²) >= 11 is 0. The predicted octanol–water partition coefficient (Wildman–Crippen LogP) is 3.86. The Kier molecular flexibility index (Phi) is 5.02. The summed E-state index contributed by atoms with van der Waals surface area (Å²) in [6, 6.07) is 14.6. The Bertz CT molecular complexity index is 538. The van der Waals surface area contributed by atoms with Crippen LogP contribution in [0.15, 0.2) is 48.5 Å². The molecule has 0 amide bonds. The van der Waals surface area contributed by atoms with Crippen LogP contribution in [0.25, 0.3) is 0 Å². The van der Waals surface area contributed by atoms with E-state index < -0.39 is 6.10 Å². The number of rotatable bonds is 3. The van der Waals surface area contributed by atoms with E-state index in [2.05, 4.69) is 0 Å². The summed E-state index contributed by atoms with van der Waals surface area (Å²) in [6.45, 7) is 3.93. The van der Waals surface area contributed by atoms with E-state index in [1.165, 1.54) is 0 Å². The first-order chi connectivity index (χ1) is 8.58. The zero-order valence-electron chi connectivity index (χ0n) is 10.6. The highest BCUT2D eigenvalue weighted by molar-refractivity contribution is 5.99. The molecule has 2 aromatic carbocycles. The molecule has 0 radical (unpaired) electrons. The van der Waals surface area contributed by atoms with Gasteiger partial charge in [0.25, 0.3) is 0 Å². The average Bonchev–Trinajstić information content (AvgIpc) is 2.39. The largest absolute Gasteiger partial charge is 0.380 e. The lowest BCUT2D eigenvalue weighted by molar-refractivity contribution is 0.0747. The van der Waals surface area contributed by atoms with Crippen LogP contribution in [0.4, 0.5) is 0 Å². The van der Waals surface area contributed by atoms with Gasteiger partial charge in [0.05, 0.1) is 0 Å². The molecule has 1 unspecified atom stereocenters. The molecular weight excluding hydrogens is 236 g/mol. The molecule has 0 aliphatic carbocycles. The summed E-state index contributed by atoms with van der Waals surface area (Å²) < 4.78 is 0. The van der Waals surface area contributed by atoms with Gasteiger partial charge in [0.1, 0.15) is 6.10 Å². The molecule has 0 bridgehead atoms. The van der Waals surface area contributed by atoms with E-state index in [0.717, 1.165) is 11.1 Å². The predicted molar refractivity (Wildman–Crippen MR) is 78.4 cm³/mol. The first-order valence-corrected chi connectivity index (χ1v) is 5.93. The van der Waals surface area contributed by atoms with Gasteiger partial charge in [-0.3, -0.25) is 4.79 Å². The van der Waals surface area contributed by atoms with E-state index in [4.69, 9.17) is 0 Å². The molecule has 0 aromatic heterocycles. The van der Waals surface area contributed by atoms with Gasteiger partial charge in [-0.05, 0) is 19.4 Å². The van der Waals surface area contributed by atoms with Crippen LogP contribution in [-0.4, -0.2) is 10.9 Å². The molecule has 19 heavy (non-hydrogen) atoms. The van der Waals surface area contributed by atoms with Gasteiger partial charge in [-0.2, -0.15) is 0 Å². The number of hydrogen-bond acceptors (Lipinski definition) is 2. The van der Waals surface area contributed by atoms with Crippen LogP contribution in [-0.2, 0) is 0 Å². The van der Waals surface area contributed by atoms with Gasteiger partial charge in [-0.1, -0.05) is 67.1 Å². The molecule has 0 spiro atoms. The third-order valence-electron chi connectivity index (χ3n) is 2.98. The summed E-state index contributed by atoms with van der Waals surface area (Å²) in [4.78, 5) is 12.1. The normalized spacial score (nSPS) is 11.5. The zero-order valence-corrected chi connectivity index (χ0v) is 10.6. The van der Waals surface area contributed by atoms with Gasteiger partial charge in [-0.15, -0.1) is 0 Å². The van der Waals surface area contributed by atoms with Crippen LogP contribution in [0.2, 0.25) is 0 Å². The molecule has 1 N–H and O–H groups in total. The van der Waals surface area contributed by atoms with Crippen LogP contribution in [0.3, 0.4) is 0 Å². The van der Waals surface area contributed by atoms with Crippen LogP contribution in [0.5, 0.6) is 0 Å². The van der Waals surface area contributed by atoms with E-state index in [9.17, 15) is 9.90 Å². The number of aliphatic hydroxyl groups is 1. The number of carbonyl (C=O) groups excluding carboxylic acids is 1. The van der Waals surface area contributed by atoms with Crippen molar-refractivity contribution in [2.24, 2.45) is 0 Å².